The first-order valence-electron chi connectivity index (χ1n) is 12.1. The Bertz CT molecular complexity index is 1160. The van der Waals surface area contributed by atoms with Crippen molar-refractivity contribution < 1.29 is 4.74 Å². The number of nitrogens with one attached hydrogen (secondary N) is 2. The number of aryl methyl sites for hydroxylation is 1. The summed E-state index contributed by atoms with van der Waals surface area (Å²) in [6, 6.07) is 18.6. The van der Waals surface area contributed by atoms with Crippen LogP contribution in [0.25, 0.3) is 10.9 Å². The Hall–Kier alpha value is -2.74. The van der Waals surface area contributed by atoms with Crippen LogP contribution < -0.4 is 10.9 Å². The molecule has 0 unspecified atom stereocenters. The molecular formula is C27H34N4O2S. The molecule has 0 amide bonds. The van der Waals surface area contributed by atoms with Crippen LogP contribution in [0, 0.1) is 0 Å². The second-order valence-electron chi connectivity index (χ2n) is 8.86. The second kappa shape index (κ2) is 11.6. The summed E-state index contributed by atoms with van der Waals surface area (Å²) in [5, 5.41) is 5.19. The minimum absolute atomic E-state index is 0.0629. The van der Waals surface area contributed by atoms with Gasteiger partial charge in [-0.3, -0.25) is 9.69 Å². The lowest BCUT2D eigenvalue weighted by atomic mass is 10.1. The van der Waals surface area contributed by atoms with Gasteiger partial charge in [0.2, 0.25) is 0 Å². The molecule has 0 saturated carbocycles. The molecule has 2 heterocycles. The Morgan fingerprint density at radius 1 is 1.18 bits per heavy atom. The molecule has 180 valence electrons. The van der Waals surface area contributed by atoms with Gasteiger partial charge in [-0.2, -0.15) is 0 Å². The third-order valence-corrected chi connectivity index (χ3v) is 6.85. The molecule has 2 aromatic carbocycles. The SMILES string of the molecule is CCc1ccc2[nH]c(=O)c(CN(CCN3CCOCC3)C(=S)N[C@@H](C)c3ccccc3)cc2c1. The lowest BCUT2D eigenvalue weighted by molar-refractivity contribution is 0.0357. The van der Waals surface area contributed by atoms with Gasteiger partial charge in [0.05, 0.1) is 25.8 Å². The lowest BCUT2D eigenvalue weighted by Crippen LogP contribution is -2.46. The predicted octanol–water partition coefficient (Wildman–Crippen LogP) is 3.86. The van der Waals surface area contributed by atoms with Gasteiger partial charge in [0.15, 0.2) is 5.11 Å². The first-order valence-corrected chi connectivity index (χ1v) is 12.5. The maximum absolute atomic E-state index is 12.9. The lowest BCUT2D eigenvalue weighted by Gasteiger charge is -2.32. The molecule has 7 heteroatoms. The van der Waals surface area contributed by atoms with E-state index in [4.69, 9.17) is 17.0 Å². The summed E-state index contributed by atoms with van der Waals surface area (Å²) in [4.78, 5) is 20.5. The molecule has 0 bridgehead atoms. The van der Waals surface area contributed by atoms with Gasteiger partial charge in [-0.25, -0.2) is 0 Å². The fraction of sp³-hybridized carbons (Fsp3) is 0.407. The molecule has 1 aliphatic heterocycles. The first kappa shape index (κ1) is 24.4. The van der Waals surface area contributed by atoms with E-state index in [-0.39, 0.29) is 11.6 Å². The number of H-pyrrole nitrogens is 1. The summed E-state index contributed by atoms with van der Waals surface area (Å²) in [6.45, 7) is 9.68. The van der Waals surface area contributed by atoms with Crippen LogP contribution >= 0.6 is 12.2 Å². The summed E-state index contributed by atoms with van der Waals surface area (Å²) in [5.41, 5.74) is 3.95. The highest BCUT2D eigenvalue weighted by molar-refractivity contribution is 7.80. The molecule has 3 aromatic rings. The highest BCUT2D eigenvalue weighted by atomic mass is 32.1. The van der Waals surface area contributed by atoms with Gasteiger partial charge in [-0.05, 0) is 60.3 Å². The van der Waals surface area contributed by atoms with Crippen LogP contribution in [-0.2, 0) is 17.7 Å². The molecule has 1 atom stereocenters. The number of rotatable bonds is 8. The number of benzene rings is 2. The van der Waals surface area contributed by atoms with E-state index in [9.17, 15) is 4.79 Å². The van der Waals surface area contributed by atoms with E-state index >= 15 is 0 Å². The number of pyridine rings is 1. The van der Waals surface area contributed by atoms with Crippen LogP contribution in [0.2, 0.25) is 0 Å². The number of morpholine rings is 1. The number of fused-ring (bicyclic) bond motifs is 1. The molecule has 1 fully saturated rings. The van der Waals surface area contributed by atoms with E-state index in [0.29, 0.717) is 11.7 Å². The summed E-state index contributed by atoms with van der Waals surface area (Å²) in [5.74, 6) is 0. The van der Waals surface area contributed by atoms with Crippen LogP contribution in [-0.4, -0.2) is 59.3 Å². The van der Waals surface area contributed by atoms with Gasteiger partial charge in [-0.1, -0.05) is 43.3 Å². The average Bonchev–Trinajstić information content (AvgIpc) is 2.87. The van der Waals surface area contributed by atoms with E-state index in [1.54, 1.807) is 0 Å². The van der Waals surface area contributed by atoms with Crippen molar-refractivity contribution >= 4 is 28.2 Å². The van der Waals surface area contributed by atoms with E-state index < -0.39 is 0 Å². The summed E-state index contributed by atoms with van der Waals surface area (Å²) in [7, 11) is 0. The maximum atomic E-state index is 12.9. The molecule has 34 heavy (non-hydrogen) atoms. The van der Waals surface area contributed by atoms with Gasteiger partial charge in [0.1, 0.15) is 0 Å². The number of nitrogens with zero attached hydrogens (tertiary/aromatic N) is 2. The van der Waals surface area contributed by atoms with Crippen LogP contribution in [0.3, 0.4) is 0 Å². The number of aromatic amines is 1. The van der Waals surface area contributed by atoms with E-state index in [2.05, 4.69) is 58.2 Å². The minimum Gasteiger partial charge on any atom is -0.379 e. The van der Waals surface area contributed by atoms with E-state index in [0.717, 1.165) is 62.3 Å². The normalized spacial score (nSPS) is 15.2. The Morgan fingerprint density at radius 3 is 2.68 bits per heavy atom. The summed E-state index contributed by atoms with van der Waals surface area (Å²) < 4.78 is 5.49. The third-order valence-electron chi connectivity index (χ3n) is 6.47. The van der Waals surface area contributed by atoms with Crippen molar-refractivity contribution in [1.82, 2.24) is 20.1 Å². The second-order valence-corrected chi connectivity index (χ2v) is 9.24. The fourth-order valence-electron chi connectivity index (χ4n) is 4.29. The highest BCUT2D eigenvalue weighted by Gasteiger charge is 2.18. The number of aromatic nitrogens is 1. The van der Waals surface area contributed by atoms with Gasteiger partial charge in [0, 0.05) is 37.3 Å². The van der Waals surface area contributed by atoms with Gasteiger partial charge < -0.3 is 19.9 Å². The van der Waals surface area contributed by atoms with Crippen LogP contribution in [0.5, 0.6) is 0 Å². The van der Waals surface area contributed by atoms with Gasteiger partial charge >= 0.3 is 0 Å². The molecule has 4 rings (SSSR count). The zero-order chi connectivity index (χ0) is 23.9. The zero-order valence-electron chi connectivity index (χ0n) is 20.0. The summed E-state index contributed by atoms with van der Waals surface area (Å²) >= 11 is 5.86. The predicted molar refractivity (Wildman–Crippen MR) is 142 cm³/mol. The quantitative estimate of drug-likeness (QED) is 0.480. The van der Waals surface area contributed by atoms with Gasteiger partial charge in [-0.15, -0.1) is 0 Å². The zero-order valence-corrected chi connectivity index (χ0v) is 20.9. The van der Waals surface area contributed by atoms with E-state index in [1.165, 1.54) is 11.1 Å². The molecule has 1 aliphatic rings. The van der Waals surface area contributed by atoms with Crippen LogP contribution in [0.4, 0.5) is 0 Å². The van der Waals surface area contributed by atoms with Crippen molar-refractivity contribution in [1.29, 1.82) is 0 Å². The van der Waals surface area contributed by atoms with Crippen molar-refractivity contribution in [2.45, 2.75) is 32.9 Å². The van der Waals surface area contributed by atoms with Crippen molar-refractivity contribution in [3.05, 3.63) is 81.6 Å². The topological polar surface area (TPSA) is 60.6 Å². The van der Waals surface area contributed by atoms with Crippen LogP contribution in [0.15, 0.2) is 59.4 Å². The molecule has 1 saturated heterocycles. The fourth-order valence-corrected chi connectivity index (χ4v) is 4.62. The van der Waals surface area contributed by atoms with Gasteiger partial charge in [0.25, 0.3) is 5.56 Å². The molecule has 0 aliphatic carbocycles. The Balaban J connectivity index is 1.54. The molecular weight excluding hydrogens is 444 g/mol. The molecule has 1 aromatic heterocycles. The Labute approximate surface area is 206 Å². The molecule has 0 spiro atoms. The molecule has 0 radical (unpaired) electrons. The van der Waals surface area contributed by atoms with Crippen molar-refractivity contribution in [3.63, 3.8) is 0 Å². The van der Waals surface area contributed by atoms with E-state index in [1.807, 2.05) is 30.3 Å². The first-order chi connectivity index (χ1) is 16.5. The Morgan fingerprint density at radius 2 is 1.94 bits per heavy atom. The van der Waals surface area contributed by atoms with Crippen molar-refractivity contribution in [2.75, 3.05) is 39.4 Å². The molecule has 2 N–H and O–H groups in total. The highest BCUT2D eigenvalue weighted by Crippen LogP contribution is 2.16. The maximum Gasteiger partial charge on any atom is 0.253 e. The average molecular weight is 479 g/mol. The molecule has 6 nitrogen and oxygen atoms in total. The third kappa shape index (κ3) is 6.23. The number of thiocarbonyl (C=S) groups is 1. The number of hydrogen-bond acceptors (Lipinski definition) is 4. The Kier molecular flexibility index (Phi) is 8.32. The summed E-state index contributed by atoms with van der Waals surface area (Å²) in [6.07, 6.45) is 0.960. The standard InChI is InChI=1S/C27H34N4O2S/c1-3-21-9-10-25-23(17-21)18-24(26(32)29-25)19-31(12-11-30-13-15-33-16-14-30)27(34)28-20(2)22-7-5-4-6-8-22/h4-10,17-18,20H,3,11-16,19H2,1-2H3,(H,28,34)(H,29,32)/t20-/m0/s1. The van der Waals surface area contributed by atoms with Crippen LogP contribution in [0.1, 0.15) is 36.6 Å². The number of hydrogen-bond donors (Lipinski definition) is 2. The largest absolute Gasteiger partial charge is 0.379 e. The van der Waals surface area contributed by atoms with Crippen molar-refractivity contribution in [3.8, 4) is 0 Å². The smallest absolute Gasteiger partial charge is 0.253 e. The number of ether oxygens (including phenoxy) is 1. The monoisotopic (exact) mass is 478 g/mol. The van der Waals surface area contributed by atoms with Crippen molar-refractivity contribution in [2.24, 2.45) is 0 Å². The minimum atomic E-state index is -0.0629.